The van der Waals surface area contributed by atoms with Crippen LogP contribution in [0, 0.1) is 13.8 Å². The number of rotatable bonds is 4. The molecule has 1 unspecified atom stereocenters. The highest BCUT2D eigenvalue weighted by Crippen LogP contribution is 2.24. The number of carboxylic acid groups (broad SMARTS) is 1. The zero-order chi connectivity index (χ0) is 14.0. The molecule has 0 saturated carbocycles. The van der Waals surface area contributed by atoms with Gasteiger partial charge in [-0.1, -0.05) is 12.1 Å². The maximum atomic E-state index is 12.3. The van der Waals surface area contributed by atoms with Crippen molar-refractivity contribution in [1.82, 2.24) is 0 Å². The van der Waals surface area contributed by atoms with Crippen LogP contribution < -0.4 is 0 Å². The molecule has 0 aliphatic carbocycles. The maximum absolute atomic E-state index is 12.3. The van der Waals surface area contributed by atoms with Gasteiger partial charge in [-0.05, 0) is 43.2 Å². The van der Waals surface area contributed by atoms with E-state index in [0.29, 0.717) is 10.6 Å². The molecule has 5 heteroatoms. The van der Waals surface area contributed by atoms with E-state index < -0.39 is 16.8 Å². The van der Waals surface area contributed by atoms with E-state index in [1.807, 2.05) is 38.1 Å². The monoisotopic (exact) mass is 294 g/mol. The van der Waals surface area contributed by atoms with Crippen molar-refractivity contribution in [2.24, 2.45) is 0 Å². The molecule has 1 atom stereocenters. The third kappa shape index (κ3) is 3.30. The fraction of sp³-hybridized carbons (Fsp3) is 0.214. The molecule has 1 aromatic carbocycles. The zero-order valence-corrected chi connectivity index (χ0v) is 12.3. The van der Waals surface area contributed by atoms with Gasteiger partial charge in [-0.2, -0.15) is 0 Å². The molecule has 0 aliphatic rings. The van der Waals surface area contributed by atoms with E-state index in [2.05, 4.69) is 0 Å². The molecule has 100 valence electrons. The first-order valence-electron chi connectivity index (χ1n) is 5.75. The summed E-state index contributed by atoms with van der Waals surface area (Å²) >= 11 is 1.23. The number of carboxylic acids is 1. The SMILES string of the molecule is Cc1cccc(S(=O)Cc2cc(C(=O)O)sc2C)c1. The molecule has 1 aromatic heterocycles. The van der Waals surface area contributed by atoms with Crippen LogP contribution in [0.5, 0.6) is 0 Å². The molecule has 3 nitrogen and oxygen atoms in total. The van der Waals surface area contributed by atoms with Gasteiger partial charge in [-0.15, -0.1) is 11.3 Å². The Morgan fingerprint density at radius 3 is 2.63 bits per heavy atom. The second kappa shape index (κ2) is 5.67. The lowest BCUT2D eigenvalue weighted by atomic mass is 10.2. The van der Waals surface area contributed by atoms with Crippen molar-refractivity contribution >= 4 is 28.1 Å². The number of benzene rings is 1. The lowest BCUT2D eigenvalue weighted by Gasteiger charge is -2.03. The number of aromatic carboxylic acids is 1. The van der Waals surface area contributed by atoms with Crippen LogP contribution in [0.25, 0.3) is 0 Å². The average molecular weight is 294 g/mol. The van der Waals surface area contributed by atoms with Crippen molar-refractivity contribution in [3.05, 3.63) is 51.2 Å². The Hall–Kier alpha value is -1.46. The van der Waals surface area contributed by atoms with Crippen LogP contribution in [-0.4, -0.2) is 15.3 Å². The Balaban J connectivity index is 2.21. The second-order valence-corrected chi connectivity index (χ2v) is 7.01. The summed E-state index contributed by atoms with van der Waals surface area (Å²) in [5.74, 6) is -0.570. The van der Waals surface area contributed by atoms with Gasteiger partial charge in [0.05, 0.1) is 16.6 Å². The number of aryl methyl sites for hydroxylation is 2. The zero-order valence-electron chi connectivity index (χ0n) is 10.7. The maximum Gasteiger partial charge on any atom is 0.345 e. The molecule has 1 N–H and O–H groups in total. The highest BCUT2D eigenvalue weighted by atomic mass is 32.2. The van der Waals surface area contributed by atoms with Gasteiger partial charge < -0.3 is 5.11 Å². The standard InChI is InChI=1S/C14H14O3S2/c1-9-4-3-5-12(6-9)19(17)8-11-7-13(14(15)16)18-10(11)2/h3-7H,8H2,1-2H3,(H,15,16). The van der Waals surface area contributed by atoms with Gasteiger partial charge in [0.2, 0.25) is 0 Å². The van der Waals surface area contributed by atoms with E-state index in [1.165, 1.54) is 11.3 Å². The largest absolute Gasteiger partial charge is 0.477 e. The molecule has 19 heavy (non-hydrogen) atoms. The molecule has 1 heterocycles. The summed E-state index contributed by atoms with van der Waals surface area (Å²) in [5.41, 5.74) is 1.92. The van der Waals surface area contributed by atoms with Gasteiger partial charge in [0.15, 0.2) is 0 Å². The molecule has 0 amide bonds. The Kier molecular flexibility index (Phi) is 4.17. The molecule has 0 aliphatic heterocycles. The molecule has 0 saturated heterocycles. The van der Waals surface area contributed by atoms with E-state index in [-0.39, 0.29) is 0 Å². The summed E-state index contributed by atoms with van der Waals surface area (Å²) in [4.78, 5) is 12.9. The topological polar surface area (TPSA) is 54.4 Å². The number of carbonyl (C=O) groups is 1. The first kappa shape index (κ1) is 14.0. The molecule has 2 rings (SSSR count). The van der Waals surface area contributed by atoms with E-state index in [4.69, 9.17) is 5.11 Å². The van der Waals surface area contributed by atoms with Gasteiger partial charge in [-0.25, -0.2) is 4.79 Å². The predicted octanol–water partition coefficient (Wildman–Crippen LogP) is 3.37. The van der Waals surface area contributed by atoms with E-state index in [1.54, 1.807) is 6.07 Å². The van der Waals surface area contributed by atoms with Crippen molar-refractivity contribution in [2.45, 2.75) is 24.5 Å². The first-order chi connectivity index (χ1) is 8.97. The lowest BCUT2D eigenvalue weighted by Crippen LogP contribution is -1.97. The number of thiophene rings is 1. The minimum absolute atomic E-state index is 0.300. The number of hydrogen-bond acceptors (Lipinski definition) is 3. The third-order valence-corrected chi connectivity index (χ3v) is 5.20. The molecule has 0 fully saturated rings. The number of hydrogen-bond donors (Lipinski definition) is 1. The van der Waals surface area contributed by atoms with Gasteiger partial charge >= 0.3 is 5.97 Å². The normalized spacial score (nSPS) is 12.3. The molecule has 0 bridgehead atoms. The van der Waals surface area contributed by atoms with Crippen LogP contribution in [0.4, 0.5) is 0 Å². The minimum atomic E-state index is -1.14. The van der Waals surface area contributed by atoms with E-state index in [0.717, 1.165) is 20.9 Å². The van der Waals surface area contributed by atoms with Crippen molar-refractivity contribution in [2.75, 3.05) is 0 Å². The van der Waals surface area contributed by atoms with Gasteiger partial charge in [0.25, 0.3) is 0 Å². The van der Waals surface area contributed by atoms with Gasteiger partial charge in [0.1, 0.15) is 4.88 Å². The Bertz CT molecular complexity index is 644. The van der Waals surface area contributed by atoms with Crippen molar-refractivity contribution in [3.63, 3.8) is 0 Å². The summed E-state index contributed by atoms with van der Waals surface area (Å²) in [6.07, 6.45) is 0. The Labute approximate surface area is 118 Å². The van der Waals surface area contributed by atoms with Crippen LogP contribution in [0.3, 0.4) is 0 Å². The van der Waals surface area contributed by atoms with Crippen LogP contribution in [0.15, 0.2) is 35.2 Å². The van der Waals surface area contributed by atoms with Gasteiger partial charge in [0, 0.05) is 9.77 Å². The Morgan fingerprint density at radius 2 is 2.05 bits per heavy atom. The average Bonchev–Trinajstić information content (AvgIpc) is 2.71. The van der Waals surface area contributed by atoms with Crippen molar-refractivity contribution in [1.29, 1.82) is 0 Å². The van der Waals surface area contributed by atoms with Gasteiger partial charge in [-0.3, -0.25) is 4.21 Å². The fourth-order valence-corrected chi connectivity index (χ4v) is 4.02. The summed E-state index contributed by atoms with van der Waals surface area (Å²) in [6.45, 7) is 3.82. The molecule has 0 spiro atoms. The second-order valence-electron chi connectivity index (χ2n) is 4.30. The van der Waals surface area contributed by atoms with Crippen LogP contribution in [-0.2, 0) is 16.6 Å². The lowest BCUT2D eigenvalue weighted by molar-refractivity contribution is 0.0702. The quantitative estimate of drug-likeness (QED) is 0.940. The molecular formula is C14H14O3S2. The van der Waals surface area contributed by atoms with Crippen molar-refractivity contribution < 1.29 is 14.1 Å². The van der Waals surface area contributed by atoms with E-state index >= 15 is 0 Å². The van der Waals surface area contributed by atoms with E-state index in [9.17, 15) is 9.00 Å². The van der Waals surface area contributed by atoms with Crippen LogP contribution in [0.2, 0.25) is 0 Å². The predicted molar refractivity (Wildman–Crippen MR) is 77.3 cm³/mol. The summed E-state index contributed by atoms with van der Waals surface area (Å²) < 4.78 is 12.3. The first-order valence-corrected chi connectivity index (χ1v) is 7.88. The highest BCUT2D eigenvalue weighted by Gasteiger charge is 2.14. The highest BCUT2D eigenvalue weighted by molar-refractivity contribution is 7.84. The van der Waals surface area contributed by atoms with Crippen molar-refractivity contribution in [3.8, 4) is 0 Å². The Morgan fingerprint density at radius 1 is 1.32 bits per heavy atom. The molecular weight excluding hydrogens is 280 g/mol. The smallest absolute Gasteiger partial charge is 0.345 e. The molecule has 0 radical (unpaired) electrons. The summed E-state index contributed by atoms with van der Waals surface area (Å²) in [7, 11) is -1.14. The summed E-state index contributed by atoms with van der Waals surface area (Å²) in [5, 5.41) is 8.94. The third-order valence-electron chi connectivity index (χ3n) is 2.77. The fourth-order valence-electron chi connectivity index (χ4n) is 1.75. The van der Waals surface area contributed by atoms with Crippen LogP contribution in [0.1, 0.15) is 25.7 Å². The summed E-state index contributed by atoms with van der Waals surface area (Å²) in [6, 6.07) is 9.19. The minimum Gasteiger partial charge on any atom is -0.477 e. The molecule has 2 aromatic rings. The van der Waals surface area contributed by atoms with Crippen LogP contribution >= 0.6 is 11.3 Å².